The maximum absolute atomic E-state index is 5.66. The Hall–Kier alpha value is -2.74. The first-order valence-electron chi connectivity index (χ1n) is 7.41. The van der Waals surface area contributed by atoms with Gasteiger partial charge in [-0.15, -0.1) is 10.2 Å². The molecule has 0 aliphatic rings. The number of hydrogen-bond donors (Lipinski definition) is 0. The lowest BCUT2D eigenvalue weighted by Crippen LogP contribution is -1.99. The van der Waals surface area contributed by atoms with E-state index in [0.29, 0.717) is 17.7 Å². The van der Waals surface area contributed by atoms with E-state index in [4.69, 9.17) is 4.42 Å². The lowest BCUT2D eigenvalue weighted by Gasteiger charge is -2.06. The van der Waals surface area contributed by atoms with Crippen molar-refractivity contribution in [1.82, 2.24) is 29.9 Å². The van der Waals surface area contributed by atoms with Gasteiger partial charge in [0.1, 0.15) is 19.2 Å². The monoisotopic (exact) mass is 338 g/mol. The van der Waals surface area contributed by atoms with Crippen LogP contribution in [0.5, 0.6) is 0 Å². The van der Waals surface area contributed by atoms with Gasteiger partial charge in [0.15, 0.2) is 0 Å². The van der Waals surface area contributed by atoms with E-state index >= 15 is 0 Å². The fourth-order valence-corrected chi connectivity index (χ4v) is 3.24. The molecule has 7 nitrogen and oxygen atoms in total. The molecule has 0 saturated carbocycles. The van der Waals surface area contributed by atoms with Gasteiger partial charge >= 0.3 is 0 Å². The van der Waals surface area contributed by atoms with Gasteiger partial charge in [0.25, 0.3) is 5.22 Å². The van der Waals surface area contributed by atoms with Crippen molar-refractivity contribution in [3.05, 3.63) is 60.1 Å². The summed E-state index contributed by atoms with van der Waals surface area (Å²) < 4.78 is 7.30. The highest BCUT2D eigenvalue weighted by atomic mass is 32.2. The van der Waals surface area contributed by atoms with Crippen LogP contribution in [0.1, 0.15) is 17.1 Å². The van der Waals surface area contributed by atoms with Crippen LogP contribution in [0, 0.1) is 6.92 Å². The number of aryl methyl sites for hydroxylation is 1. The minimum absolute atomic E-state index is 0.421. The number of nitrogens with zero attached hydrogens (tertiary/aromatic N) is 6. The number of rotatable bonds is 5. The number of aromatic nitrogens is 6. The van der Waals surface area contributed by atoms with Gasteiger partial charge in [-0.25, -0.2) is 9.67 Å². The summed E-state index contributed by atoms with van der Waals surface area (Å²) >= 11 is 1.52. The molecule has 8 heteroatoms. The number of benzene rings is 1. The van der Waals surface area contributed by atoms with Crippen LogP contribution < -0.4 is 0 Å². The maximum atomic E-state index is 5.66. The van der Waals surface area contributed by atoms with Crippen molar-refractivity contribution < 1.29 is 4.42 Å². The molecular formula is C16H14N6OS. The summed E-state index contributed by atoms with van der Waals surface area (Å²) in [6.45, 7) is 2.42. The van der Waals surface area contributed by atoms with Crippen LogP contribution >= 0.6 is 11.8 Å². The van der Waals surface area contributed by atoms with Crippen LogP contribution in [-0.4, -0.2) is 29.9 Å². The molecular weight excluding hydrogens is 324 g/mol. The maximum Gasteiger partial charge on any atom is 0.276 e. The van der Waals surface area contributed by atoms with E-state index in [1.165, 1.54) is 23.7 Å². The molecule has 0 bridgehead atoms. The van der Waals surface area contributed by atoms with Gasteiger partial charge in [-0.2, -0.15) is 5.10 Å². The first kappa shape index (κ1) is 14.8. The molecule has 4 rings (SSSR count). The third-order valence-electron chi connectivity index (χ3n) is 3.49. The molecule has 0 aliphatic carbocycles. The Bertz CT molecular complexity index is 966. The lowest BCUT2D eigenvalue weighted by molar-refractivity contribution is 0.397. The highest BCUT2D eigenvalue weighted by Crippen LogP contribution is 2.26. The summed E-state index contributed by atoms with van der Waals surface area (Å²) in [6.07, 6.45) is 3.09. The van der Waals surface area contributed by atoms with Crippen molar-refractivity contribution in [2.75, 3.05) is 0 Å². The molecule has 0 saturated heterocycles. The van der Waals surface area contributed by atoms with Crippen molar-refractivity contribution in [3.63, 3.8) is 0 Å². The largest absolute Gasteiger partial charge is 0.414 e. The van der Waals surface area contributed by atoms with Crippen LogP contribution in [0.25, 0.3) is 10.9 Å². The average Bonchev–Trinajstić information content (AvgIpc) is 3.25. The van der Waals surface area contributed by atoms with Crippen molar-refractivity contribution in [2.45, 2.75) is 24.4 Å². The third-order valence-corrected chi connectivity index (χ3v) is 4.36. The second kappa shape index (κ2) is 6.40. The van der Waals surface area contributed by atoms with Gasteiger partial charge in [-0.05, 0) is 24.6 Å². The number of fused-ring (bicyclic) bond motifs is 1. The zero-order valence-corrected chi connectivity index (χ0v) is 13.8. The average molecular weight is 338 g/mol. The van der Waals surface area contributed by atoms with E-state index in [9.17, 15) is 0 Å². The number of thioether (sulfide) groups is 1. The normalized spacial score (nSPS) is 11.2. The van der Waals surface area contributed by atoms with Crippen molar-refractivity contribution in [1.29, 1.82) is 0 Å². The molecule has 120 valence electrons. The molecule has 0 unspecified atom stereocenters. The zero-order valence-electron chi connectivity index (χ0n) is 13.0. The number of pyridine rings is 1. The molecule has 0 radical (unpaired) electrons. The Morgan fingerprint density at radius 2 is 2.12 bits per heavy atom. The Morgan fingerprint density at radius 3 is 3.00 bits per heavy atom. The SMILES string of the molecule is Cc1cc(CSc2nnc(Cn3cncn3)o2)c2ccccc2n1. The van der Waals surface area contributed by atoms with Gasteiger partial charge in [-0.3, -0.25) is 4.98 Å². The summed E-state index contributed by atoms with van der Waals surface area (Å²) in [6, 6.07) is 10.2. The van der Waals surface area contributed by atoms with E-state index in [-0.39, 0.29) is 0 Å². The zero-order chi connectivity index (χ0) is 16.4. The molecule has 0 spiro atoms. The molecule has 24 heavy (non-hydrogen) atoms. The van der Waals surface area contributed by atoms with E-state index in [1.807, 2.05) is 25.1 Å². The van der Waals surface area contributed by atoms with Gasteiger partial charge in [0.05, 0.1) is 5.52 Å². The van der Waals surface area contributed by atoms with Gasteiger partial charge in [0, 0.05) is 16.8 Å². The van der Waals surface area contributed by atoms with Gasteiger partial charge < -0.3 is 4.42 Å². The van der Waals surface area contributed by atoms with Gasteiger partial charge in [0.2, 0.25) is 5.89 Å². The van der Waals surface area contributed by atoms with E-state index < -0.39 is 0 Å². The Morgan fingerprint density at radius 1 is 1.21 bits per heavy atom. The first-order chi connectivity index (χ1) is 11.8. The molecule has 0 N–H and O–H groups in total. The summed E-state index contributed by atoms with van der Waals surface area (Å²) in [5.74, 6) is 1.26. The molecule has 3 aromatic heterocycles. The summed E-state index contributed by atoms with van der Waals surface area (Å²) in [4.78, 5) is 8.45. The van der Waals surface area contributed by atoms with Crippen LogP contribution in [-0.2, 0) is 12.3 Å². The standard InChI is InChI=1S/C16H14N6OS/c1-11-6-12(13-4-2-3-5-14(13)19-11)8-24-16-21-20-15(23-16)7-22-10-17-9-18-22/h2-6,9-10H,7-8H2,1H3. The molecule has 0 fully saturated rings. The summed E-state index contributed by atoms with van der Waals surface area (Å²) in [5, 5.41) is 13.8. The topological polar surface area (TPSA) is 82.5 Å². The predicted octanol–water partition coefficient (Wildman–Crippen LogP) is 2.86. The Kier molecular flexibility index (Phi) is 3.96. The molecule has 1 aromatic carbocycles. The minimum Gasteiger partial charge on any atom is -0.414 e. The summed E-state index contributed by atoms with van der Waals surface area (Å²) in [5.41, 5.74) is 3.21. The van der Waals surface area contributed by atoms with Crippen LogP contribution in [0.3, 0.4) is 0 Å². The molecule has 0 atom stereocenters. The Labute approximate surface area is 142 Å². The fraction of sp³-hybridized carbons (Fsp3) is 0.188. The third kappa shape index (κ3) is 3.13. The second-order valence-electron chi connectivity index (χ2n) is 5.28. The smallest absolute Gasteiger partial charge is 0.276 e. The minimum atomic E-state index is 0.421. The first-order valence-corrected chi connectivity index (χ1v) is 8.39. The lowest BCUT2D eigenvalue weighted by atomic mass is 10.1. The number of para-hydroxylation sites is 1. The molecule has 4 aromatic rings. The van der Waals surface area contributed by atoms with Crippen LogP contribution in [0.2, 0.25) is 0 Å². The summed E-state index contributed by atoms with van der Waals surface area (Å²) in [7, 11) is 0. The van der Waals surface area contributed by atoms with Crippen molar-refractivity contribution >= 4 is 22.7 Å². The van der Waals surface area contributed by atoms with E-state index in [0.717, 1.165) is 22.3 Å². The molecule has 0 amide bonds. The molecule has 3 heterocycles. The van der Waals surface area contributed by atoms with Crippen LogP contribution in [0.4, 0.5) is 0 Å². The predicted molar refractivity (Wildman–Crippen MR) is 89.5 cm³/mol. The second-order valence-corrected chi connectivity index (χ2v) is 6.21. The number of hydrogen-bond acceptors (Lipinski definition) is 7. The molecule has 0 aliphatic heterocycles. The van der Waals surface area contributed by atoms with Crippen LogP contribution in [0.15, 0.2) is 52.6 Å². The highest BCUT2D eigenvalue weighted by Gasteiger charge is 2.10. The fourth-order valence-electron chi connectivity index (χ4n) is 2.47. The van der Waals surface area contributed by atoms with E-state index in [2.05, 4.69) is 37.4 Å². The van der Waals surface area contributed by atoms with Crippen molar-refractivity contribution in [2.24, 2.45) is 0 Å². The highest BCUT2D eigenvalue weighted by molar-refractivity contribution is 7.98. The Balaban J connectivity index is 1.50. The quantitative estimate of drug-likeness (QED) is 0.517. The van der Waals surface area contributed by atoms with Crippen molar-refractivity contribution in [3.8, 4) is 0 Å². The van der Waals surface area contributed by atoms with Gasteiger partial charge in [-0.1, -0.05) is 30.0 Å². The van der Waals surface area contributed by atoms with E-state index in [1.54, 1.807) is 11.0 Å².